The minimum absolute atomic E-state index is 0.222. The summed E-state index contributed by atoms with van der Waals surface area (Å²) in [4.78, 5) is 0. The van der Waals surface area contributed by atoms with Crippen LogP contribution in [0.1, 0.15) is 19.4 Å². The van der Waals surface area contributed by atoms with Crippen LogP contribution in [0.5, 0.6) is 0 Å². The molecule has 0 aliphatic rings. The van der Waals surface area contributed by atoms with Crippen LogP contribution in [-0.2, 0) is 15.9 Å². The third kappa shape index (κ3) is 2.44. The number of fused-ring (bicyclic) bond motifs is 1. The van der Waals surface area contributed by atoms with Gasteiger partial charge in [0.25, 0.3) is 0 Å². The molecule has 0 bridgehead atoms. The van der Waals surface area contributed by atoms with Gasteiger partial charge in [0.15, 0.2) is 6.29 Å². The Morgan fingerprint density at radius 3 is 1.67 bits per heavy atom. The minimum atomic E-state index is -0.222. The van der Waals surface area contributed by atoms with Crippen molar-refractivity contribution < 1.29 is 9.47 Å². The molecule has 2 heteroatoms. The topological polar surface area (TPSA) is 18.5 Å². The Kier molecular flexibility index (Phi) is 4.05. The molecule has 0 radical (unpaired) electrons. The lowest BCUT2D eigenvalue weighted by Crippen LogP contribution is -2.20. The summed E-state index contributed by atoms with van der Waals surface area (Å²) < 4.78 is 11.8. The molecule has 0 aromatic heterocycles. The van der Waals surface area contributed by atoms with Crippen LogP contribution in [0.4, 0.5) is 0 Å². The van der Waals surface area contributed by atoms with Crippen LogP contribution >= 0.6 is 0 Å². The Morgan fingerprint density at radius 2 is 1.07 bits per heavy atom. The second-order valence-electron chi connectivity index (χ2n) is 8.04. The van der Waals surface area contributed by atoms with Gasteiger partial charge in [-0.25, -0.2) is 0 Å². The molecule has 0 atom stereocenters. The molecule has 0 saturated carbocycles. The Labute approximate surface area is 175 Å². The van der Waals surface area contributed by atoms with Crippen molar-refractivity contribution in [2.45, 2.75) is 26.6 Å². The van der Waals surface area contributed by atoms with Crippen LogP contribution in [0.15, 0.2) is 66.7 Å². The van der Waals surface area contributed by atoms with Crippen LogP contribution in [0.3, 0.4) is 0 Å². The van der Waals surface area contributed by atoms with Gasteiger partial charge in [-0.05, 0) is 73.3 Å². The van der Waals surface area contributed by atoms with E-state index in [4.69, 9.17) is 9.47 Å². The molecule has 30 heavy (non-hydrogen) atoms. The molecule has 6 rings (SSSR count). The number of hydrogen-bond acceptors (Lipinski definition) is 2. The summed E-state index contributed by atoms with van der Waals surface area (Å²) in [6.07, 6.45) is 0.526. The van der Waals surface area contributed by atoms with Crippen LogP contribution < -0.4 is 0 Å². The standard InChI is InChI=1S/C28H24O2/c1-3-29-23(30-4-2)16-21-15-14-19-11-13-20-12-10-18-9-8-17-6-5-7-22-24(17)26(18)28(20)27(19)25(21)22/h5-15,23H,3-4,16H2,1-2H3. The van der Waals surface area contributed by atoms with E-state index in [-0.39, 0.29) is 6.29 Å². The van der Waals surface area contributed by atoms with E-state index in [0.717, 1.165) is 6.42 Å². The first-order chi connectivity index (χ1) is 14.8. The van der Waals surface area contributed by atoms with E-state index in [1.807, 2.05) is 13.8 Å². The molecule has 0 unspecified atom stereocenters. The Hall–Kier alpha value is -2.94. The lowest BCUT2D eigenvalue weighted by atomic mass is 9.84. The molecule has 0 fully saturated rings. The average Bonchev–Trinajstić information content (AvgIpc) is 2.78. The second-order valence-corrected chi connectivity index (χ2v) is 8.04. The molecular weight excluding hydrogens is 368 g/mol. The molecule has 6 aromatic rings. The van der Waals surface area contributed by atoms with Crippen molar-refractivity contribution in [2.75, 3.05) is 13.2 Å². The monoisotopic (exact) mass is 392 g/mol. The van der Waals surface area contributed by atoms with E-state index in [1.54, 1.807) is 0 Å². The van der Waals surface area contributed by atoms with Crippen molar-refractivity contribution in [3.8, 4) is 0 Å². The fraction of sp³-hybridized carbons (Fsp3) is 0.214. The minimum Gasteiger partial charge on any atom is -0.353 e. The highest BCUT2D eigenvalue weighted by Gasteiger charge is 2.20. The van der Waals surface area contributed by atoms with Gasteiger partial charge in [0.1, 0.15) is 0 Å². The molecule has 0 spiro atoms. The van der Waals surface area contributed by atoms with Crippen LogP contribution in [-0.4, -0.2) is 19.5 Å². The maximum atomic E-state index is 5.91. The summed E-state index contributed by atoms with van der Waals surface area (Å²) in [5.41, 5.74) is 1.29. The second kappa shape index (κ2) is 6.80. The van der Waals surface area contributed by atoms with Crippen LogP contribution in [0.25, 0.3) is 53.9 Å². The van der Waals surface area contributed by atoms with Gasteiger partial charge in [-0.2, -0.15) is 0 Å². The SMILES string of the molecule is CCOC(Cc1ccc2ccc3ccc4ccc5cccc6c1c2c3c4c56)OCC. The van der Waals surface area contributed by atoms with Crippen molar-refractivity contribution in [3.63, 3.8) is 0 Å². The first-order valence-corrected chi connectivity index (χ1v) is 10.9. The van der Waals surface area contributed by atoms with Crippen LogP contribution in [0.2, 0.25) is 0 Å². The third-order valence-electron chi connectivity index (χ3n) is 6.44. The van der Waals surface area contributed by atoms with E-state index in [1.165, 1.54) is 59.4 Å². The zero-order valence-electron chi connectivity index (χ0n) is 17.4. The predicted molar refractivity (Wildman–Crippen MR) is 127 cm³/mol. The fourth-order valence-corrected chi connectivity index (χ4v) is 5.27. The Bertz CT molecular complexity index is 1480. The number of ether oxygens (including phenoxy) is 2. The molecule has 0 aliphatic heterocycles. The van der Waals surface area contributed by atoms with E-state index in [2.05, 4.69) is 66.7 Å². The first kappa shape index (κ1) is 17.9. The highest BCUT2D eigenvalue weighted by molar-refractivity contribution is 6.40. The molecule has 0 saturated heterocycles. The average molecular weight is 392 g/mol. The molecule has 0 heterocycles. The van der Waals surface area contributed by atoms with Gasteiger partial charge in [0, 0.05) is 19.6 Å². The quantitative estimate of drug-likeness (QED) is 0.169. The highest BCUT2D eigenvalue weighted by atomic mass is 16.7. The maximum absolute atomic E-state index is 5.91. The molecule has 148 valence electrons. The van der Waals surface area contributed by atoms with Crippen molar-refractivity contribution in [2.24, 2.45) is 0 Å². The summed E-state index contributed by atoms with van der Waals surface area (Å²) in [5, 5.41) is 13.4. The normalized spacial score (nSPS) is 12.6. The molecular formula is C28H24O2. The predicted octanol–water partition coefficient (Wildman–Crippen LogP) is 7.27. The summed E-state index contributed by atoms with van der Waals surface area (Å²) in [6, 6.07) is 24.8. The Morgan fingerprint density at radius 1 is 0.567 bits per heavy atom. The van der Waals surface area contributed by atoms with Gasteiger partial charge in [-0.1, -0.05) is 66.7 Å². The van der Waals surface area contributed by atoms with Gasteiger partial charge in [-0.3, -0.25) is 0 Å². The fourth-order valence-electron chi connectivity index (χ4n) is 5.27. The van der Waals surface area contributed by atoms with Crippen molar-refractivity contribution in [3.05, 3.63) is 72.3 Å². The Balaban J connectivity index is 1.79. The zero-order valence-corrected chi connectivity index (χ0v) is 17.4. The summed E-state index contributed by atoms with van der Waals surface area (Å²) in [7, 11) is 0. The first-order valence-electron chi connectivity index (χ1n) is 10.9. The van der Waals surface area contributed by atoms with Crippen molar-refractivity contribution >= 4 is 53.9 Å². The van der Waals surface area contributed by atoms with Gasteiger partial charge < -0.3 is 9.47 Å². The third-order valence-corrected chi connectivity index (χ3v) is 6.44. The van der Waals surface area contributed by atoms with E-state index < -0.39 is 0 Å². The highest BCUT2D eigenvalue weighted by Crippen LogP contribution is 2.45. The largest absolute Gasteiger partial charge is 0.353 e. The van der Waals surface area contributed by atoms with Crippen LogP contribution in [0, 0.1) is 0 Å². The van der Waals surface area contributed by atoms with Gasteiger partial charge in [0.05, 0.1) is 0 Å². The summed E-state index contributed by atoms with van der Waals surface area (Å²) >= 11 is 0. The molecule has 6 aromatic carbocycles. The molecule has 0 aliphatic carbocycles. The van der Waals surface area contributed by atoms with E-state index in [0.29, 0.717) is 13.2 Å². The molecule has 0 amide bonds. The lowest BCUT2D eigenvalue weighted by molar-refractivity contribution is -0.134. The zero-order chi connectivity index (χ0) is 20.2. The smallest absolute Gasteiger partial charge is 0.161 e. The number of rotatable bonds is 6. The lowest BCUT2D eigenvalue weighted by Gasteiger charge is -2.22. The van der Waals surface area contributed by atoms with Crippen molar-refractivity contribution in [1.82, 2.24) is 0 Å². The maximum Gasteiger partial charge on any atom is 0.161 e. The van der Waals surface area contributed by atoms with E-state index in [9.17, 15) is 0 Å². The van der Waals surface area contributed by atoms with Gasteiger partial charge >= 0.3 is 0 Å². The van der Waals surface area contributed by atoms with Gasteiger partial charge in [0.2, 0.25) is 0 Å². The molecule has 2 nitrogen and oxygen atoms in total. The summed E-state index contributed by atoms with van der Waals surface area (Å²) in [6.45, 7) is 5.35. The van der Waals surface area contributed by atoms with E-state index >= 15 is 0 Å². The number of hydrogen-bond donors (Lipinski definition) is 0. The number of benzene rings is 6. The molecule has 0 N–H and O–H groups in total. The van der Waals surface area contributed by atoms with Gasteiger partial charge in [-0.15, -0.1) is 0 Å². The summed E-state index contributed by atoms with van der Waals surface area (Å²) in [5.74, 6) is 0. The van der Waals surface area contributed by atoms with Crippen molar-refractivity contribution in [1.29, 1.82) is 0 Å².